The van der Waals surface area contributed by atoms with Crippen molar-refractivity contribution < 1.29 is 8.95 Å². The highest BCUT2D eigenvalue weighted by molar-refractivity contribution is 7.85. The number of benzene rings is 1. The van der Waals surface area contributed by atoms with Gasteiger partial charge >= 0.3 is 0 Å². The average molecular weight is 281 g/mol. The third-order valence-electron chi connectivity index (χ3n) is 3.77. The van der Waals surface area contributed by atoms with Gasteiger partial charge in [-0.25, -0.2) is 0 Å². The Kier molecular flexibility index (Phi) is 5.13. The van der Waals surface area contributed by atoms with E-state index >= 15 is 0 Å². The molecule has 1 fully saturated rings. The van der Waals surface area contributed by atoms with E-state index in [1.165, 1.54) is 11.1 Å². The highest BCUT2D eigenvalue weighted by Crippen LogP contribution is 2.23. The van der Waals surface area contributed by atoms with Crippen LogP contribution >= 0.6 is 0 Å². The van der Waals surface area contributed by atoms with Crippen LogP contribution in [-0.4, -0.2) is 35.0 Å². The van der Waals surface area contributed by atoms with Crippen LogP contribution in [0.3, 0.4) is 0 Å². The van der Waals surface area contributed by atoms with Gasteiger partial charge in [-0.2, -0.15) is 0 Å². The van der Waals surface area contributed by atoms with Gasteiger partial charge < -0.3 is 10.1 Å². The van der Waals surface area contributed by atoms with Gasteiger partial charge in [0.25, 0.3) is 0 Å². The van der Waals surface area contributed by atoms with E-state index in [9.17, 15) is 4.21 Å². The second-order valence-electron chi connectivity index (χ2n) is 5.21. The molecule has 1 aliphatic heterocycles. The first-order chi connectivity index (χ1) is 9.11. The largest absolute Gasteiger partial charge is 0.377 e. The van der Waals surface area contributed by atoms with Crippen LogP contribution in [0.5, 0.6) is 0 Å². The molecule has 4 unspecified atom stereocenters. The summed E-state index contributed by atoms with van der Waals surface area (Å²) in [5.41, 5.74) is 2.45. The van der Waals surface area contributed by atoms with Crippen LogP contribution in [-0.2, 0) is 15.5 Å². The lowest BCUT2D eigenvalue weighted by molar-refractivity contribution is 0.127. The summed E-state index contributed by atoms with van der Waals surface area (Å²) in [5, 5.41) is 3.46. The molecule has 0 bridgehead atoms. The van der Waals surface area contributed by atoms with Gasteiger partial charge in [-0.3, -0.25) is 4.21 Å². The zero-order valence-corrected chi connectivity index (χ0v) is 12.7. The number of rotatable bonds is 5. The third kappa shape index (κ3) is 3.65. The Balaban J connectivity index is 2.05. The van der Waals surface area contributed by atoms with Crippen molar-refractivity contribution in [3.05, 3.63) is 35.4 Å². The maximum Gasteiger partial charge on any atom is 0.0691 e. The first-order valence-corrected chi connectivity index (χ1v) is 8.22. The number of hydrogen-bond donors (Lipinski definition) is 1. The van der Waals surface area contributed by atoms with Crippen molar-refractivity contribution in [2.24, 2.45) is 0 Å². The van der Waals surface area contributed by atoms with E-state index in [1.54, 1.807) is 0 Å². The maximum absolute atomic E-state index is 12.5. The Bertz CT molecular complexity index is 450. The molecular weight excluding hydrogens is 258 g/mol. The summed E-state index contributed by atoms with van der Waals surface area (Å²) in [7, 11) is 1.08. The molecule has 1 aromatic carbocycles. The molecule has 2 rings (SSSR count). The topological polar surface area (TPSA) is 38.3 Å². The fourth-order valence-corrected chi connectivity index (χ4v) is 4.38. The summed E-state index contributed by atoms with van der Waals surface area (Å²) in [6.07, 6.45) is 1.04. The van der Waals surface area contributed by atoms with Gasteiger partial charge in [-0.1, -0.05) is 29.8 Å². The molecule has 0 amide bonds. The molecule has 0 aromatic heterocycles. The monoisotopic (exact) mass is 281 g/mol. The van der Waals surface area contributed by atoms with Crippen LogP contribution in [0.2, 0.25) is 0 Å². The molecule has 1 N–H and O–H groups in total. The van der Waals surface area contributed by atoms with E-state index in [0.717, 1.165) is 13.0 Å². The number of nitrogens with one attached hydrogen (secondary N) is 1. The highest BCUT2D eigenvalue weighted by atomic mass is 32.2. The van der Waals surface area contributed by atoms with Crippen molar-refractivity contribution in [3.63, 3.8) is 0 Å². The van der Waals surface area contributed by atoms with Gasteiger partial charge in [-0.05, 0) is 32.9 Å². The van der Waals surface area contributed by atoms with E-state index in [-0.39, 0.29) is 17.4 Å². The normalized spacial score (nSPS) is 26.3. The second-order valence-corrected chi connectivity index (χ2v) is 6.91. The van der Waals surface area contributed by atoms with Crippen molar-refractivity contribution >= 4 is 10.8 Å². The standard InChI is InChI=1S/C15H23NO2S/c1-11-5-4-6-13(9-11)14(16-3)10-19(17)15-7-8-18-12(15)2/h4-6,9,12,14-16H,7-8,10H2,1-3H3. The number of ether oxygens (including phenoxy) is 1. The number of hydrogen-bond acceptors (Lipinski definition) is 3. The molecule has 0 radical (unpaired) electrons. The van der Waals surface area contributed by atoms with E-state index in [2.05, 4.69) is 36.5 Å². The van der Waals surface area contributed by atoms with Crippen LogP contribution in [0.4, 0.5) is 0 Å². The summed E-state index contributed by atoms with van der Waals surface area (Å²) >= 11 is 0. The van der Waals surface area contributed by atoms with Crippen molar-refractivity contribution in [3.8, 4) is 0 Å². The van der Waals surface area contributed by atoms with Crippen LogP contribution < -0.4 is 5.32 Å². The summed E-state index contributed by atoms with van der Waals surface area (Å²) in [6.45, 7) is 4.85. The molecule has 19 heavy (non-hydrogen) atoms. The summed E-state index contributed by atoms with van der Waals surface area (Å²) < 4.78 is 18.0. The van der Waals surface area contributed by atoms with Gasteiger partial charge in [0.05, 0.1) is 11.4 Å². The van der Waals surface area contributed by atoms with Crippen molar-refractivity contribution in [1.82, 2.24) is 5.32 Å². The van der Waals surface area contributed by atoms with Crippen LogP contribution in [0.25, 0.3) is 0 Å². The molecule has 0 spiro atoms. The van der Waals surface area contributed by atoms with Crippen LogP contribution in [0.15, 0.2) is 24.3 Å². The minimum absolute atomic E-state index is 0.121. The molecule has 1 aromatic rings. The summed E-state index contributed by atoms with van der Waals surface area (Å²) in [5.74, 6) is 0.651. The molecule has 0 aliphatic carbocycles. The Morgan fingerprint density at radius 1 is 1.53 bits per heavy atom. The molecule has 4 heteroatoms. The molecule has 0 saturated carbocycles. The lowest BCUT2D eigenvalue weighted by Gasteiger charge is -2.20. The molecule has 4 atom stereocenters. The molecule has 106 valence electrons. The van der Waals surface area contributed by atoms with Gasteiger partial charge in [0, 0.05) is 29.2 Å². The van der Waals surface area contributed by atoms with E-state index in [1.807, 2.05) is 14.0 Å². The Hall–Kier alpha value is -0.710. The highest BCUT2D eigenvalue weighted by Gasteiger charge is 2.30. The molecule has 3 nitrogen and oxygen atoms in total. The minimum atomic E-state index is -0.850. The zero-order valence-electron chi connectivity index (χ0n) is 11.9. The van der Waals surface area contributed by atoms with Gasteiger partial charge in [0.1, 0.15) is 0 Å². The van der Waals surface area contributed by atoms with E-state index in [4.69, 9.17) is 4.74 Å². The zero-order chi connectivity index (χ0) is 13.8. The molecule has 1 aliphatic rings. The van der Waals surface area contributed by atoms with Gasteiger partial charge in [-0.15, -0.1) is 0 Å². The first-order valence-electron chi connectivity index (χ1n) is 6.84. The Labute approximate surface area is 118 Å². The fourth-order valence-electron chi connectivity index (χ4n) is 2.58. The van der Waals surface area contributed by atoms with Crippen molar-refractivity contribution in [2.75, 3.05) is 19.4 Å². The second kappa shape index (κ2) is 6.64. The first kappa shape index (κ1) is 14.7. The molecular formula is C15H23NO2S. The van der Waals surface area contributed by atoms with Gasteiger partial charge in [0.15, 0.2) is 0 Å². The van der Waals surface area contributed by atoms with Crippen molar-refractivity contribution in [1.29, 1.82) is 0 Å². The lowest BCUT2D eigenvalue weighted by atomic mass is 10.1. The SMILES string of the molecule is CNC(CS(=O)C1CCOC1C)c1cccc(C)c1. The average Bonchev–Trinajstić information content (AvgIpc) is 2.82. The van der Waals surface area contributed by atoms with Crippen LogP contribution in [0.1, 0.15) is 30.5 Å². The van der Waals surface area contributed by atoms with E-state index < -0.39 is 10.8 Å². The Morgan fingerprint density at radius 3 is 2.89 bits per heavy atom. The smallest absolute Gasteiger partial charge is 0.0691 e. The quantitative estimate of drug-likeness (QED) is 0.899. The van der Waals surface area contributed by atoms with E-state index in [0.29, 0.717) is 5.75 Å². The summed E-state index contributed by atoms with van der Waals surface area (Å²) in [6, 6.07) is 8.54. The predicted molar refractivity (Wildman–Crippen MR) is 79.8 cm³/mol. The van der Waals surface area contributed by atoms with Crippen molar-refractivity contribution in [2.45, 2.75) is 37.7 Å². The number of aryl methyl sites for hydroxylation is 1. The maximum atomic E-state index is 12.5. The third-order valence-corrected chi connectivity index (χ3v) is 5.72. The van der Waals surface area contributed by atoms with Crippen LogP contribution in [0, 0.1) is 6.92 Å². The summed E-state index contributed by atoms with van der Waals surface area (Å²) in [4.78, 5) is 0. The Morgan fingerprint density at radius 2 is 2.32 bits per heavy atom. The molecule has 1 heterocycles. The fraction of sp³-hybridized carbons (Fsp3) is 0.600. The molecule has 1 saturated heterocycles. The predicted octanol–water partition coefficient (Wildman–Crippen LogP) is 2.18. The van der Waals surface area contributed by atoms with Gasteiger partial charge in [0.2, 0.25) is 0 Å². The minimum Gasteiger partial charge on any atom is -0.377 e. The lowest BCUT2D eigenvalue weighted by Crippen LogP contribution is -2.31.